The van der Waals surface area contributed by atoms with E-state index in [4.69, 9.17) is 4.74 Å². The minimum absolute atomic E-state index is 0.191. The molecule has 1 fully saturated rings. The summed E-state index contributed by atoms with van der Waals surface area (Å²) >= 11 is 0. The van der Waals surface area contributed by atoms with E-state index in [1.165, 1.54) is 12.1 Å². The van der Waals surface area contributed by atoms with E-state index in [1.807, 2.05) is 19.2 Å². The molecular formula is C16H24FN3O. The molecule has 1 heterocycles. The third-order valence-electron chi connectivity index (χ3n) is 3.81. The Balaban J connectivity index is 1.77. The van der Waals surface area contributed by atoms with Crippen LogP contribution in [0.4, 0.5) is 4.39 Å². The summed E-state index contributed by atoms with van der Waals surface area (Å²) in [5, 5.41) is 3.38. The highest BCUT2D eigenvalue weighted by atomic mass is 19.1. The van der Waals surface area contributed by atoms with Crippen LogP contribution in [0.15, 0.2) is 29.3 Å². The molecule has 4 nitrogen and oxygen atoms in total. The van der Waals surface area contributed by atoms with Gasteiger partial charge < -0.3 is 15.0 Å². The molecule has 1 aliphatic rings. The number of halogens is 1. The second kappa shape index (κ2) is 7.98. The number of ether oxygens (including phenoxy) is 1. The molecule has 5 heteroatoms. The van der Waals surface area contributed by atoms with Gasteiger partial charge in [-0.05, 0) is 30.5 Å². The molecule has 0 amide bonds. The molecule has 1 aromatic carbocycles. The molecule has 1 atom stereocenters. The maximum Gasteiger partial charge on any atom is 0.193 e. The average molecular weight is 293 g/mol. The van der Waals surface area contributed by atoms with E-state index in [0.29, 0.717) is 5.92 Å². The maximum atomic E-state index is 12.8. The lowest BCUT2D eigenvalue weighted by Gasteiger charge is -2.21. The highest BCUT2D eigenvalue weighted by molar-refractivity contribution is 5.80. The van der Waals surface area contributed by atoms with Gasteiger partial charge in [-0.15, -0.1) is 0 Å². The predicted molar refractivity (Wildman–Crippen MR) is 83.0 cm³/mol. The summed E-state index contributed by atoms with van der Waals surface area (Å²) in [7, 11) is 3.56. The van der Waals surface area contributed by atoms with E-state index >= 15 is 0 Å². The first-order valence-corrected chi connectivity index (χ1v) is 7.42. The Labute approximate surface area is 126 Å². The topological polar surface area (TPSA) is 36.9 Å². The fourth-order valence-electron chi connectivity index (χ4n) is 2.70. The highest BCUT2D eigenvalue weighted by Crippen LogP contribution is 2.16. The van der Waals surface area contributed by atoms with Crippen LogP contribution >= 0.6 is 0 Å². The summed E-state index contributed by atoms with van der Waals surface area (Å²) in [5.74, 6) is 1.34. The number of benzene rings is 1. The summed E-state index contributed by atoms with van der Waals surface area (Å²) in [4.78, 5) is 6.61. The number of hydrogen-bond acceptors (Lipinski definition) is 2. The number of likely N-dealkylation sites (tertiary alicyclic amines) is 1. The van der Waals surface area contributed by atoms with Crippen molar-refractivity contribution >= 4 is 5.96 Å². The van der Waals surface area contributed by atoms with Gasteiger partial charge in [-0.1, -0.05) is 12.1 Å². The number of nitrogens with zero attached hydrogens (tertiary/aromatic N) is 2. The predicted octanol–water partition coefficient (Wildman–Crippen LogP) is 1.91. The van der Waals surface area contributed by atoms with E-state index in [2.05, 4.69) is 15.2 Å². The lowest BCUT2D eigenvalue weighted by Crippen LogP contribution is -2.41. The molecule has 0 spiro atoms. The van der Waals surface area contributed by atoms with Crippen LogP contribution in [0.1, 0.15) is 12.0 Å². The van der Waals surface area contributed by atoms with E-state index in [1.54, 1.807) is 7.11 Å². The summed E-state index contributed by atoms with van der Waals surface area (Å²) in [6, 6.07) is 6.65. The molecule has 1 unspecified atom stereocenters. The van der Waals surface area contributed by atoms with Gasteiger partial charge in [0.2, 0.25) is 0 Å². The monoisotopic (exact) mass is 293 g/mol. The largest absolute Gasteiger partial charge is 0.384 e. The molecule has 0 aromatic heterocycles. The Hall–Kier alpha value is -1.62. The lowest BCUT2D eigenvalue weighted by atomic mass is 10.1. The first kappa shape index (κ1) is 15.8. The van der Waals surface area contributed by atoms with Crippen molar-refractivity contribution in [2.75, 3.05) is 40.4 Å². The minimum Gasteiger partial charge on any atom is -0.384 e. The third kappa shape index (κ3) is 4.70. The number of guanidine groups is 1. The van der Waals surface area contributed by atoms with Crippen molar-refractivity contribution in [2.24, 2.45) is 10.9 Å². The number of methoxy groups -OCH3 is 1. The first-order chi connectivity index (χ1) is 10.2. The van der Waals surface area contributed by atoms with Gasteiger partial charge in [0.25, 0.3) is 0 Å². The van der Waals surface area contributed by atoms with Gasteiger partial charge in [-0.3, -0.25) is 4.99 Å². The zero-order valence-electron chi connectivity index (χ0n) is 12.8. The quantitative estimate of drug-likeness (QED) is 0.665. The summed E-state index contributed by atoms with van der Waals surface area (Å²) < 4.78 is 18.1. The van der Waals surface area contributed by atoms with Gasteiger partial charge in [-0.2, -0.15) is 0 Å². The molecule has 1 N–H and O–H groups in total. The van der Waals surface area contributed by atoms with Crippen molar-refractivity contribution in [2.45, 2.75) is 12.8 Å². The molecule has 1 saturated heterocycles. The van der Waals surface area contributed by atoms with Crippen molar-refractivity contribution in [3.8, 4) is 0 Å². The fourth-order valence-corrected chi connectivity index (χ4v) is 2.70. The van der Waals surface area contributed by atoms with E-state index in [-0.39, 0.29) is 5.82 Å². The Morgan fingerprint density at radius 1 is 1.43 bits per heavy atom. The first-order valence-electron chi connectivity index (χ1n) is 7.42. The molecule has 21 heavy (non-hydrogen) atoms. The van der Waals surface area contributed by atoms with Crippen LogP contribution in [-0.4, -0.2) is 51.3 Å². The smallest absolute Gasteiger partial charge is 0.193 e. The Kier molecular flexibility index (Phi) is 5.99. The summed E-state index contributed by atoms with van der Waals surface area (Å²) in [6.07, 6.45) is 2.00. The highest BCUT2D eigenvalue weighted by Gasteiger charge is 2.24. The van der Waals surface area contributed by atoms with Gasteiger partial charge in [0.05, 0.1) is 6.61 Å². The number of aliphatic imine (C=N–C) groups is 1. The van der Waals surface area contributed by atoms with Gasteiger partial charge in [-0.25, -0.2) is 4.39 Å². The molecule has 116 valence electrons. The van der Waals surface area contributed by atoms with E-state index < -0.39 is 0 Å². The SMILES string of the molecule is CN=C(NCCc1ccc(F)cc1)N1CCC(COC)C1. The van der Waals surface area contributed by atoms with Crippen LogP contribution in [0.2, 0.25) is 0 Å². The van der Waals surface area contributed by atoms with Crippen molar-refractivity contribution in [1.82, 2.24) is 10.2 Å². The molecule has 2 rings (SSSR count). The van der Waals surface area contributed by atoms with Crippen LogP contribution in [0.25, 0.3) is 0 Å². The molecule has 0 aliphatic carbocycles. The zero-order chi connectivity index (χ0) is 15.1. The standard InChI is InChI=1S/C16H24FN3O/c1-18-16(20-10-8-14(11-20)12-21-2)19-9-7-13-3-5-15(17)6-4-13/h3-6,14H,7-12H2,1-2H3,(H,18,19). The van der Waals surface area contributed by atoms with E-state index in [9.17, 15) is 4.39 Å². The minimum atomic E-state index is -0.191. The van der Waals surface area contributed by atoms with Gasteiger partial charge in [0, 0.05) is 39.7 Å². The number of nitrogens with one attached hydrogen (secondary N) is 1. The van der Waals surface area contributed by atoms with Crippen LogP contribution < -0.4 is 5.32 Å². The maximum absolute atomic E-state index is 12.8. The van der Waals surface area contributed by atoms with Crippen molar-refractivity contribution in [1.29, 1.82) is 0 Å². The normalized spacial score (nSPS) is 19.1. The van der Waals surface area contributed by atoms with Crippen LogP contribution in [-0.2, 0) is 11.2 Å². The second-order valence-corrected chi connectivity index (χ2v) is 5.41. The van der Waals surface area contributed by atoms with Gasteiger partial charge in [0.15, 0.2) is 5.96 Å². The van der Waals surface area contributed by atoms with Crippen molar-refractivity contribution in [3.63, 3.8) is 0 Å². The average Bonchev–Trinajstić information content (AvgIpc) is 2.94. The molecule has 1 aromatic rings. The van der Waals surface area contributed by atoms with Gasteiger partial charge >= 0.3 is 0 Å². The van der Waals surface area contributed by atoms with E-state index in [0.717, 1.165) is 50.6 Å². The molecule has 0 radical (unpaired) electrons. The molecular weight excluding hydrogens is 269 g/mol. The lowest BCUT2D eigenvalue weighted by molar-refractivity contribution is 0.157. The molecule has 0 bridgehead atoms. The second-order valence-electron chi connectivity index (χ2n) is 5.41. The van der Waals surface area contributed by atoms with Crippen LogP contribution in [0.3, 0.4) is 0 Å². The van der Waals surface area contributed by atoms with Crippen molar-refractivity contribution < 1.29 is 9.13 Å². The van der Waals surface area contributed by atoms with Gasteiger partial charge in [0.1, 0.15) is 5.82 Å². The van der Waals surface area contributed by atoms with Crippen LogP contribution in [0, 0.1) is 11.7 Å². The van der Waals surface area contributed by atoms with Crippen molar-refractivity contribution in [3.05, 3.63) is 35.6 Å². The number of rotatable bonds is 5. The fraction of sp³-hybridized carbons (Fsp3) is 0.562. The van der Waals surface area contributed by atoms with Crippen LogP contribution in [0.5, 0.6) is 0 Å². The zero-order valence-corrected chi connectivity index (χ0v) is 12.8. The summed E-state index contributed by atoms with van der Waals surface area (Å²) in [6.45, 7) is 3.61. The number of hydrogen-bond donors (Lipinski definition) is 1. The Bertz CT molecular complexity index is 461. The Morgan fingerprint density at radius 3 is 2.86 bits per heavy atom. The molecule has 0 saturated carbocycles. The molecule has 1 aliphatic heterocycles. The third-order valence-corrected chi connectivity index (χ3v) is 3.81. The summed E-state index contributed by atoms with van der Waals surface area (Å²) in [5.41, 5.74) is 1.12. The Morgan fingerprint density at radius 2 is 2.19 bits per heavy atom.